The van der Waals surface area contributed by atoms with E-state index in [4.69, 9.17) is 9.47 Å². The molecule has 0 bridgehead atoms. The summed E-state index contributed by atoms with van der Waals surface area (Å²) in [6.07, 6.45) is 5.07. The highest BCUT2D eigenvalue weighted by Gasteiger charge is 2.27. The summed E-state index contributed by atoms with van der Waals surface area (Å²) >= 11 is 0. The number of nitrogens with zero attached hydrogens (tertiary/aromatic N) is 3. The number of aryl methyl sites for hydroxylation is 1. The number of carbonyl (C=O) groups excluding carboxylic acids is 1. The summed E-state index contributed by atoms with van der Waals surface area (Å²) in [5.41, 5.74) is 2.69. The van der Waals surface area contributed by atoms with Gasteiger partial charge < -0.3 is 24.7 Å². The van der Waals surface area contributed by atoms with Gasteiger partial charge in [0.2, 0.25) is 5.91 Å². The van der Waals surface area contributed by atoms with Gasteiger partial charge in [-0.15, -0.1) is 0 Å². The van der Waals surface area contributed by atoms with Gasteiger partial charge in [-0.2, -0.15) is 0 Å². The molecular formula is C26H27N5O3. The van der Waals surface area contributed by atoms with Crippen molar-refractivity contribution in [1.82, 2.24) is 15.0 Å². The third-order valence-corrected chi connectivity index (χ3v) is 6.19. The number of hydrogen-bond donors (Lipinski definition) is 2. The van der Waals surface area contributed by atoms with Crippen molar-refractivity contribution in [2.45, 2.75) is 19.8 Å². The molecule has 3 heterocycles. The largest absolute Gasteiger partial charge is 0.497 e. The SMILES string of the molecule is COc1cccc(Oc2cccc(NC(=O)C3CCN(c4ncnc5[nH]cc(C)c45)CC3)c2)c1. The summed E-state index contributed by atoms with van der Waals surface area (Å²) in [6, 6.07) is 14.8. The van der Waals surface area contributed by atoms with Crippen LogP contribution in [-0.4, -0.2) is 41.1 Å². The first-order valence-corrected chi connectivity index (χ1v) is 11.4. The highest BCUT2D eigenvalue weighted by molar-refractivity contribution is 5.93. The second kappa shape index (κ2) is 9.43. The summed E-state index contributed by atoms with van der Waals surface area (Å²) in [5, 5.41) is 4.11. The van der Waals surface area contributed by atoms with E-state index >= 15 is 0 Å². The molecule has 1 saturated heterocycles. The molecule has 2 aromatic carbocycles. The zero-order valence-corrected chi connectivity index (χ0v) is 19.2. The van der Waals surface area contributed by atoms with Crippen molar-refractivity contribution < 1.29 is 14.3 Å². The minimum absolute atomic E-state index is 0.0313. The number of amides is 1. The molecule has 34 heavy (non-hydrogen) atoms. The molecule has 2 N–H and O–H groups in total. The monoisotopic (exact) mass is 457 g/mol. The van der Waals surface area contributed by atoms with Crippen LogP contribution < -0.4 is 19.7 Å². The summed E-state index contributed by atoms with van der Waals surface area (Å²) in [6.45, 7) is 3.60. The number of H-pyrrole nitrogens is 1. The molecule has 0 radical (unpaired) electrons. The van der Waals surface area contributed by atoms with Crippen molar-refractivity contribution in [3.8, 4) is 17.2 Å². The van der Waals surface area contributed by atoms with E-state index in [9.17, 15) is 4.79 Å². The van der Waals surface area contributed by atoms with Crippen molar-refractivity contribution in [3.63, 3.8) is 0 Å². The summed E-state index contributed by atoms with van der Waals surface area (Å²) in [7, 11) is 1.62. The Labute approximate surface area is 197 Å². The summed E-state index contributed by atoms with van der Waals surface area (Å²) < 4.78 is 11.2. The molecule has 0 aliphatic carbocycles. The van der Waals surface area contributed by atoms with Crippen LogP contribution in [-0.2, 0) is 4.79 Å². The number of benzene rings is 2. The number of rotatable bonds is 6. The zero-order valence-electron chi connectivity index (χ0n) is 19.2. The Bertz CT molecular complexity index is 1310. The lowest BCUT2D eigenvalue weighted by molar-refractivity contribution is -0.120. The Morgan fingerprint density at radius 3 is 2.59 bits per heavy atom. The van der Waals surface area contributed by atoms with Crippen molar-refractivity contribution in [2.24, 2.45) is 5.92 Å². The molecule has 1 amide bonds. The molecule has 8 nitrogen and oxygen atoms in total. The standard InChI is InChI=1S/C26H27N5O3/c1-17-15-27-24-23(17)25(29-16-28-24)31-11-9-18(10-12-31)26(32)30-19-5-3-7-21(13-19)34-22-8-4-6-20(14-22)33-2/h3-8,13-16,18H,9-12H2,1-2H3,(H,30,32)(H,27,28,29). The second-order valence-corrected chi connectivity index (χ2v) is 8.45. The summed E-state index contributed by atoms with van der Waals surface area (Å²) in [4.78, 5) is 27.3. The fourth-order valence-electron chi connectivity index (χ4n) is 4.37. The van der Waals surface area contributed by atoms with Gasteiger partial charge in [0.05, 0.1) is 12.5 Å². The normalized spacial score (nSPS) is 14.2. The fourth-order valence-corrected chi connectivity index (χ4v) is 4.37. The van der Waals surface area contributed by atoms with Gasteiger partial charge in [-0.3, -0.25) is 4.79 Å². The van der Waals surface area contributed by atoms with Crippen molar-refractivity contribution in [3.05, 3.63) is 66.6 Å². The average molecular weight is 458 g/mol. The Kier molecular flexibility index (Phi) is 6.03. The Morgan fingerprint density at radius 2 is 1.79 bits per heavy atom. The number of fused-ring (bicyclic) bond motifs is 1. The molecule has 174 valence electrons. The maximum absolute atomic E-state index is 13.0. The lowest BCUT2D eigenvalue weighted by atomic mass is 9.95. The van der Waals surface area contributed by atoms with E-state index in [-0.39, 0.29) is 11.8 Å². The quantitative estimate of drug-likeness (QED) is 0.427. The van der Waals surface area contributed by atoms with Crippen molar-refractivity contribution in [1.29, 1.82) is 0 Å². The molecule has 0 unspecified atom stereocenters. The number of anilines is 2. The average Bonchev–Trinajstić information content (AvgIpc) is 3.25. The number of ether oxygens (including phenoxy) is 2. The lowest BCUT2D eigenvalue weighted by Gasteiger charge is -2.32. The van der Waals surface area contributed by atoms with E-state index < -0.39 is 0 Å². The first kappa shape index (κ1) is 21.8. The van der Waals surface area contributed by atoms with Crippen LogP contribution in [0.5, 0.6) is 17.2 Å². The van der Waals surface area contributed by atoms with Crippen LogP contribution >= 0.6 is 0 Å². The lowest BCUT2D eigenvalue weighted by Crippen LogP contribution is -2.38. The van der Waals surface area contributed by atoms with Gasteiger partial charge in [0, 0.05) is 43.0 Å². The van der Waals surface area contributed by atoms with Crippen molar-refractivity contribution in [2.75, 3.05) is 30.4 Å². The van der Waals surface area contributed by atoms with Crippen LogP contribution in [0, 0.1) is 12.8 Å². The van der Waals surface area contributed by atoms with E-state index in [1.165, 1.54) is 0 Å². The zero-order chi connectivity index (χ0) is 23.5. The molecule has 0 saturated carbocycles. The molecule has 1 aliphatic heterocycles. The van der Waals surface area contributed by atoms with E-state index in [2.05, 4.69) is 32.1 Å². The topological polar surface area (TPSA) is 92.4 Å². The highest BCUT2D eigenvalue weighted by Crippen LogP contribution is 2.31. The van der Waals surface area contributed by atoms with Crippen LogP contribution in [0.3, 0.4) is 0 Å². The van der Waals surface area contributed by atoms with Gasteiger partial charge in [-0.05, 0) is 49.6 Å². The molecule has 1 aliphatic rings. The first-order chi connectivity index (χ1) is 16.6. The first-order valence-electron chi connectivity index (χ1n) is 11.4. The minimum Gasteiger partial charge on any atom is -0.497 e. The molecule has 1 fully saturated rings. The molecule has 0 spiro atoms. The number of piperidine rings is 1. The predicted octanol–water partition coefficient (Wildman–Crippen LogP) is 4.92. The molecule has 8 heteroatoms. The Balaban J connectivity index is 1.21. The maximum Gasteiger partial charge on any atom is 0.227 e. The number of aromatic nitrogens is 3. The van der Waals surface area contributed by atoms with Crippen molar-refractivity contribution >= 4 is 28.4 Å². The second-order valence-electron chi connectivity index (χ2n) is 8.45. The Morgan fingerprint density at radius 1 is 1.06 bits per heavy atom. The maximum atomic E-state index is 13.0. The number of aromatic amines is 1. The van der Waals surface area contributed by atoms with Gasteiger partial charge in [0.25, 0.3) is 0 Å². The van der Waals surface area contributed by atoms with Gasteiger partial charge in [0.1, 0.15) is 35.0 Å². The van der Waals surface area contributed by atoms with Crippen LogP contribution in [0.2, 0.25) is 0 Å². The summed E-state index contributed by atoms with van der Waals surface area (Å²) in [5.74, 6) is 2.96. The van der Waals surface area contributed by atoms with E-state index in [0.29, 0.717) is 17.2 Å². The van der Waals surface area contributed by atoms with Gasteiger partial charge in [-0.1, -0.05) is 12.1 Å². The molecule has 4 aromatic rings. The van der Waals surface area contributed by atoms with Crippen LogP contribution in [0.1, 0.15) is 18.4 Å². The number of hydrogen-bond acceptors (Lipinski definition) is 6. The molecular weight excluding hydrogens is 430 g/mol. The van der Waals surface area contributed by atoms with Gasteiger partial charge >= 0.3 is 0 Å². The van der Waals surface area contributed by atoms with Gasteiger partial charge in [0.15, 0.2) is 0 Å². The van der Waals surface area contributed by atoms with Crippen LogP contribution in [0.25, 0.3) is 11.0 Å². The molecule has 5 rings (SSSR count). The van der Waals surface area contributed by atoms with E-state index in [1.54, 1.807) is 13.4 Å². The van der Waals surface area contributed by atoms with Gasteiger partial charge in [-0.25, -0.2) is 9.97 Å². The fraction of sp³-hybridized carbons (Fsp3) is 0.269. The van der Waals surface area contributed by atoms with Crippen LogP contribution in [0.15, 0.2) is 61.1 Å². The smallest absolute Gasteiger partial charge is 0.227 e. The van der Waals surface area contributed by atoms with E-state index in [1.807, 2.05) is 54.7 Å². The molecule has 0 atom stereocenters. The predicted molar refractivity (Wildman–Crippen MR) is 132 cm³/mol. The van der Waals surface area contributed by atoms with Crippen LogP contribution in [0.4, 0.5) is 11.5 Å². The number of carbonyl (C=O) groups is 1. The third kappa shape index (κ3) is 4.52. The molecule has 2 aromatic heterocycles. The minimum atomic E-state index is -0.0520. The highest BCUT2D eigenvalue weighted by atomic mass is 16.5. The Hall–Kier alpha value is -4.07. The third-order valence-electron chi connectivity index (χ3n) is 6.19. The number of methoxy groups -OCH3 is 1. The number of nitrogens with one attached hydrogen (secondary N) is 2. The van der Waals surface area contributed by atoms with E-state index in [0.717, 1.165) is 54.1 Å².